The van der Waals surface area contributed by atoms with Gasteiger partial charge in [-0.1, -0.05) is 66.5 Å². The fourth-order valence-corrected chi connectivity index (χ4v) is 3.51. The summed E-state index contributed by atoms with van der Waals surface area (Å²) in [4.78, 5) is 27.4. The summed E-state index contributed by atoms with van der Waals surface area (Å²) in [6, 6.07) is 14.2. The predicted molar refractivity (Wildman–Crippen MR) is 115 cm³/mol. The number of halogens is 2. The lowest BCUT2D eigenvalue weighted by atomic mass is 10.0. The fraction of sp³-hybridized carbons (Fsp3) is 0.364. The number of benzene rings is 2. The summed E-state index contributed by atoms with van der Waals surface area (Å²) in [5.41, 5.74) is 1.62. The molecule has 1 N–H and O–H groups in total. The van der Waals surface area contributed by atoms with Crippen LogP contribution < -0.4 is 5.32 Å². The predicted octanol–water partition coefficient (Wildman–Crippen LogP) is 4.87. The van der Waals surface area contributed by atoms with E-state index in [4.69, 9.17) is 23.2 Å². The quantitative estimate of drug-likeness (QED) is 0.661. The van der Waals surface area contributed by atoms with Crippen LogP contribution in [-0.2, 0) is 22.6 Å². The third kappa shape index (κ3) is 5.98. The first-order valence-corrected chi connectivity index (χ1v) is 10.2. The number of carbonyl (C=O) groups is 2. The van der Waals surface area contributed by atoms with E-state index in [0.29, 0.717) is 22.0 Å². The van der Waals surface area contributed by atoms with Crippen molar-refractivity contribution in [2.75, 3.05) is 0 Å². The normalized spacial score (nSPS) is 11.9. The molecule has 0 aliphatic heterocycles. The molecule has 0 saturated carbocycles. The summed E-state index contributed by atoms with van der Waals surface area (Å²) in [5.74, 6) is -0.320. The Bertz CT molecular complexity index is 789. The highest BCUT2D eigenvalue weighted by molar-refractivity contribution is 6.36. The van der Waals surface area contributed by atoms with Crippen LogP contribution in [-0.4, -0.2) is 28.8 Å². The van der Waals surface area contributed by atoms with Gasteiger partial charge in [-0.15, -0.1) is 0 Å². The second-order valence-electron chi connectivity index (χ2n) is 6.94. The molecule has 0 bridgehead atoms. The van der Waals surface area contributed by atoms with Crippen molar-refractivity contribution in [3.05, 3.63) is 69.7 Å². The Morgan fingerprint density at radius 1 is 1.00 bits per heavy atom. The van der Waals surface area contributed by atoms with Gasteiger partial charge in [-0.2, -0.15) is 0 Å². The molecule has 2 amide bonds. The molecule has 0 heterocycles. The Hall–Kier alpha value is -2.04. The van der Waals surface area contributed by atoms with Crippen molar-refractivity contribution in [3.8, 4) is 0 Å². The average molecular weight is 421 g/mol. The summed E-state index contributed by atoms with van der Waals surface area (Å²) < 4.78 is 0. The zero-order chi connectivity index (χ0) is 20.7. The van der Waals surface area contributed by atoms with E-state index in [2.05, 4.69) is 5.32 Å². The Morgan fingerprint density at radius 3 is 2.14 bits per heavy atom. The van der Waals surface area contributed by atoms with E-state index in [1.54, 1.807) is 30.0 Å². The van der Waals surface area contributed by atoms with Crippen molar-refractivity contribution in [2.45, 2.75) is 52.2 Å². The maximum Gasteiger partial charge on any atom is 0.243 e. The second kappa shape index (κ2) is 10.5. The molecule has 0 unspecified atom stereocenters. The van der Waals surface area contributed by atoms with Crippen LogP contribution in [0.2, 0.25) is 10.0 Å². The topological polar surface area (TPSA) is 49.4 Å². The third-order valence-electron chi connectivity index (χ3n) is 4.39. The van der Waals surface area contributed by atoms with E-state index < -0.39 is 6.04 Å². The Balaban J connectivity index is 2.42. The summed E-state index contributed by atoms with van der Waals surface area (Å²) in [6.45, 7) is 5.75. The van der Waals surface area contributed by atoms with Gasteiger partial charge in [-0.25, -0.2) is 0 Å². The van der Waals surface area contributed by atoms with Gasteiger partial charge < -0.3 is 10.2 Å². The second-order valence-corrected chi connectivity index (χ2v) is 7.76. The van der Waals surface area contributed by atoms with E-state index in [-0.39, 0.29) is 30.8 Å². The van der Waals surface area contributed by atoms with Crippen LogP contribution in [0.1, 0.15) is 38.3 Å². The van der Waals surface area contributed by atoms with Crippen LogP contribution in [0.15, 0.2) is 48.5 Å². The summed E-state index contributed by atoms with van der Waals surface area (Å²) in [5, 5.41) is 3.89. The minimum absolute atomic E-state index is 0.0340. The number of hydrogen-bond acceptors (Lipinski definition) is 2. The molecule has 1 atom stereocenters. The van der Waals surface area contributed by atoms with Gasteiger partial charge in [0.1, 0.15) is 6.04 Å². The zero-order valence-corrected chi connectivity index (χ0v) is 17.9. The maximum atomic E-state index is 13.0. The summed E-state index contributed by atoms with van der Waals surface area (Å²) in [6.07, 6.45) is 0.690. The first kappa shape index (κ1) is 22.3. The Labute approximate surface area is 176 Å². The lowest BCUT2D eigenvalue weighted by molar-refractivity contribution is -0.141. The molecule has 0 spiro atoms. The van der Waals surface area contributed by atoms with Crippen molar-refractivity contribution < 1.29 is 9.59 Å². The molecule has 0 aliphatic rings. The van der Waals surface area contributed by atoms with Gasteiger partial charge in [0.15, 0.2) is 0 Å². The summed E-state index contributed by atoms with van der Waals surface area (Å²) in [7, 11) is 0. The van der Waals surface area contributed by atoms with Gasteiger partial charge in [0.2, 0.25) is 11.8 Å². The largest absolute Gasteiger partial charge is 0.352 e. The minimum Gasteiger partial charge on any atom is -0.352 e. The van der Waals surface area contributed by atoms with Crippen LogP contribution in [0.25, 0.3) is 0 Å². The molecular weight excluding hydrogens is 395 g/mol. The highest BCUT2D eigenvalue weighted by atomic mass is 35.5. The van der Waals surface area contributed by atoms with Gasteiger partial charge in [-0.05, 0) is 31.5 Å². The molecular formula is C22H26Cl2N2O2. The van der Waals surface area contributed by atoms with Crippen molar-refractivity contribution in [2.24, 2.45) is 0 Å². The highest BCUT2D eigenvalue weighted by Gasteiger charge is 2.30. The van der Waals surface area contributed by atoms with Crippen molar-refractivity contribution in [1.29, 1.82) is 0 Å². The molecule has 0 radical (unpaired) electrons. The van der Waals surface area contributed by atoms with Gasteiger partial charge in [0, 0.05) is 41.0 Å². The molecule has 0 saturated heterocycles. The van der Waals surface area contributed by atoms with Crippen molar-refractivity contribution >= 4 is 35.0 Å². The van der Waals surface area contributed by atoms with E-state index in [0.717, 1.165) is 5.56 Å². The number of nitrogens with one attached hydrogen (secondary N) is 1. The Kier molecular flexibility index (Phi) is 8.34. The number of amides is 2. The van der Waals surface area contributed by atoms with Crippen molar-refractivity contribution in [1.82, 2.24) is 10.2 Å². The SMILES string of the molecule is CCC(=O)N(Cc1c(Cl)cccc1Cl)[C@@H](Cc1ccccc1)C(=O)NC(C)C. The summed E-state index contributed by atoms with van der Waals surface area (Å²) >= 11 is 12.7. The Morgan fingerprint density at radius 2 is 1.61 bits per heavy atom. The van der Waals surface area contributed by atoms with E-state index >= 15 is 0 Å². The monoisotopic (exact) mass is 420 g/mol. The van der Waals surface area contributed by atoms with Crippen LogP contribution in [0.4, 0.5) is 0 Å². The van der Waals surface area contributed by atoms with Gasteiger partial charge in [0.05, 0.1) is 0 Å². The average Bonchev–Trinajstić information content (AvgIpc) is 2.66. The number of rotatable bonds is 8. The molecule has 2 aromatic rings. The molecule has 28 heavy (non-hydrogen) atoms. The van der Waals surface area contributed by atoms with E-state index in [1.807, 2.05) is 44.2 Å². The van der Waals surface area contributed by atoms with Gasteiger partial charge >= 0.3 is 0 Å². The number of hydrogen-bond donors (Lipinski definition) is 1. The molecule has 0 aliphatic carbocycles. The first-order valence-electron chi connectivity index (χ1n) is 9.40. The molecule has 2 aromatic carbocycles. The number of nitrogens with zero attached hydrogens (tertiary/aromatic N) is 1. The smallest absolute Gasteiger partial charge is 0.243 e. The third-order valence-corrected chi connectivity index (χ3v) is 5.10. The van der Waals surface area contributed by atoms with Crippen LogP contribution in [0, 0.1) is 0 Å². The van der Waals surface area contributed by atoms with E-state index in [1.165, 1.54) is 0 Å². The molecule has 2 rings (SSSR count). The lowest BCUT2D eigenvalue weighted by Crippen LogP contribution is -2.51. The molecule has 0 fully saturated rings. The van der Waals surface area contributed by atoms with Crippen LogP contribution >= 0.6 is 23.2 Å². The van der Waals surface area contributed by atoms with Crippen molar-refractivity contribution in [3.63, 3.8) is 0 Å². The maximum absolute atomic E-state index is 13.0. The van der Waals surface area contributed by atoms with Gasteiger partial charge in [-0.3, -0.25) is 9.59 Å². The fourth-order valence-electron chi connectivity index (χ4n) is 2.99. The molecule has 0 aromatic heterocycles. The molecule has 6 heteroatoms. The van der Waals surface area contributed by atoms with Crippen LogP contribution in [0.5, 0.6) is 0 Å². The molecule has 4 nitrogen and oxygen atoms in total. The zero-order valence-electron chi connectivity index (χ0n) is 16.4. The highest BCUT2D eigenvalue weighted by Crippen LogP contribution is 2.27. The number of carbonyl (C=O) groups excluding carboxylic acids is 2. The van der Waals surface area contributed by atoms with E-state index in [9.17, 15) is 9.59 Å². The minimum atomic E-state index is -0.662. The lowest BCUT2D eigenvalue weighted by Gasteiger charge is -2.32. The van der Waals surface area contributed by atoms with Crippen LogP contribution in [0.3, 0.4) is 0 Å². The first-order chi connectivity index (χ1) is 13.3. The standard InChI is InChI=1S/C22H26Cl2N2O2/c1-4-21(27)26(14-17-18(23)11-8-12-19(17)24)20(22(28)25-15(2)3)13-16-9-6-5-7-10-16/h5-12,15,20H,4,13-14H2,1-3H3,(H,25,28)/t20-/m0/s1. The van der Waals surface area contributed by atoms with Gasteiger partial charge in [0.25, 0.3) is 0 Å². The molecule has 150 valence electrons.